The molecule has 202 valence electrons. The highest BCUT2D eigenvalue weighted by molar-refractivity contribution is 6.04. The Kier molecular flexibility index (Phi) is 6.16. The van der Waals surface area contributed by atoms with Crippen molar-refractivity contribution in [3.05, 3.63) is 117 Å². The molecule has 0 aliphatic heterocycles. The first-order chi connectivity index (χ1) is 19.8. The summed E-state index contributed by atoms with van der Waals surface area (Å²) in [4.78, 5) is 45.8. The number of nitrogens with two attached hydrogens (primary N) is 1. The molecule has 6 aromatic rings. The molecular weight excluding hydrogens is 522 g/mol. The normalized spacial score (nSPS) is 11.8. The molecule has 0 aliphatic carbocycles. The summed E-state index contributed by atoms with van der Waals surface area (Å²) in [5.74, 6) is 5.41. The summed E-state index contributed by atoms with van der Waals surface area (Å²) >= 11 is 0. The third-order valence-electron chi connectivity index (χ3n) is 6.53. The number of aromatic nitrogens is 7. The van der Waals surface area contributed by atoms with Crippen LogP contribution in [0.2, 0.25) is 0 Å². The van der Waals surface area contributed by atoms with Gasteiger partial charge in [0.05, 0.1) is 28.2 Å². The molecule has 0 unspecified atom stereocenters. The van der Waals surface area contributed by atoms with E-state index in [4.69, 9.17) is 5.73 Å². The van der Waals surface area contributed by atoms with E-state index in [-0.39, 0.29) is 27.8 Å². The first kappa shape index (κ1) is 25.3. The van der Waals surface area contributed by atoms with Gasteiger partial charge in [-0.1, -0.05) is 36.1 Å². The molecule has 0 saturated heterocycles. The van der Waals surface area contributed by atoms with E-state index in [0.717, 1.165) is 0 Å². The highest BCUT2D eigenvalue weighted by Crippen LogP contribution is 2.18. The quantitative estimate of drug-likeness (QED) is 0.321. The van der Waals surface area contributed by atoms with Crippen LogP contribution in [0.3, 0.4) is 0 Å². The Hall–Kier alpha value is -5.96. The van der Waals surface area contributed by atoms with E-state index in [0.29, 0.717) is 16.8 Å². The highest BCUT2D eigenvalue weighted by Gasteiger charge is 2.25. The number of nitrogens with zero attached hydrogens (tertiary/aromatic N) is 7. The number of amides is 1. The van der Waals surface area contributed by atoms with E-state index in [1.54, 1.807) is 91.8 Å². The zero-order chi connectivity index (χ0) is 28.7. The van der Waals surface area contributed by atoms with E-state index in [9.17, 15) is 14.4 Å². The topological polar surface area (TPSA) is 147 Å². The molecule has 41 heavy (non-hydrogen) atoms. The maximum Gasteiger partial charge on any atom is 0.279 e. The zero-order valence-corrected chi connectivity index (χ0v) is 22.0. The molecule has 4 heterocycles. The van der Waals surface area contributed by atoms with Crippen LogP contribution in [-0.2, 0) is 7.05 Å². The molecule has 1 amide bonds. The molecule has 0 saturated carbocycles. The molecule has 0 spiro atoms. The molecule has 4 aromatic heterocycles. The molecule has 3 N–H and O–H groups in total. The average molecular weight is 546 g/mol. The van der Waals surface area contributed by atoms with Crippen LogP contribution in [0.25, 0.3) is 22.1 Å². The van der Waals surface area contributed by atoms with Crippen molar-refractivity contribution in [1.29, 1.82) is 0 Å². The summed E-state index contributed by atoms with van der Waals surface area (Å²) in [5.41, 5.74) is 6.89. The lowest BCUT2D eigenvalue weighted by molar-refractivity contribution is 0.0919. The number of anilines is 1. The maximum atomic E-state index is 14.1. The van der Waals surface area contributed by atoms with Gasteiger partial charge in [0.2, 0.25) is 0 Å². The van der Waals surface area contributed by atoms with Gasteiger partial charge in [0.15, 0.2) is 11.5 Å². The molecule has 12 heteroatoms. The number of fused-ring (bicyclic) bond motifs is 2. The predicted octanol–water partition coefficient (Wildman–Crippen LogP) is 1.86. The molecule has 12 nitrogen and oxygen atoms in total. The molecule has 2 aromatic carbocycles. The number of para-hydroxylation sites is 1. The second-order valence-electron chi connectivity index (χ2n) is 9.28. The van der Waals surface area contributed by atoms with Crippen LogP contribution in [-0.4, -0.2) is 39.6 Å². The van der Waals surface area contributed by atoms with Gasteiger partial charge >= 0.3 is 0 Å². The van der Waals surface area contributed by atoms with Gasteiger partial charge in [-0.25, -0.2) is 18.9 Å². The van der Waals surface area contributed by atoms with E-state index in [1.807, 2.05) is 0 Å². The van der Waals surface area contributed by atoms with Gasteiger partial charge in [-0.2, -0.15) is 5.10 Å². The Morgan fingerprint density at radius 3 is 2.59 bits per heavy atom. The van der Waals surface area contributed by atoms with Crippen LogP contribution in [0.1, 0.15) is 34.6 Å². The lowest BCUT2D eigenvalue weighted by atomic mass is 10.1. The van der Waals surface area contributed by atoms with Crippen molar-refractivity contribution in [3.8, 4) is 17.5 Å². The molecule has 0 bridgehead atoms. The molecule has 0 aliphatic rings. The largest absolute Gasteiger partial charge is 0.381 e. The number of nitrogen functional groups attached to an aromatic ring is 1. The van der Waals surface area contributed by atoms with Crippen LogP contribution in [0.15, 0.2) is 89.0 Å². The van der Waals surface area contributed by atoms with Gasteiger partial charge in [0, 0.05) is 31.2 Å². The molecular formula is C29H23N9O3. The lowest BCUT2D eigenvalue weighted by Gasteiger charge is -2.23. The standard InChI is InChI=1S/C29H23N9O3/c1-18(33-27(39)24-25(30)34-36-15-7-14-31-26(24)36)37-28(40)22-11-6-8-20(13-12-19-16-32-35(2)17-19)23(22)29(41)38(37)21-9-4-3-5-10-21/h3-11,14-18H,1-2H3,(H2,30,34)(H,33,39)/t18-/m1/s1. The third kappa shape index (κ3) is 4.41. The summed E-state index contributed by atoms with van der Waals surface area (Å²) < 4.78 is 5.49. The second kappa shape index (κ2) is 9.97. The Bertz CT molecular complexity index is 2140. The van der Waals surface area contributed by atoms with Gasteiger partial charge in [-0.3, -0.25) is 19.1 Å². The van der Waals surface area contributed by atoms with Crippen molar-refractivity contribution in [2.75, 3.05) is 5.73 Å². The first-order valence-electron chi connectivity index (χ1n) is 12.6. The van der Waals surface area contributed by atoms with Gasteiger partial charge in [-0.15, -0.1) is 5.10 Å². The Morgan fingerprint density at radius 2 is 1.83 bits per heavy atom. The first-order valence-corrected chi connectivity index (χ1v) is 12.6. The Labute approximate surface area is 232 Å². The number of carbonyl (C=O) groups is 1. The molecule has 0 fully saturated rings. The summed E-state index contributed by atoms with van der Waals surface area (Å²) in [6, 6.07) is 15.3. The third-order valence-corrected chi connectivity index (χ3v) is 6.53. The number of hydrogen-bond donors (Lipinski definition) is 2. The van der Waals surface area contributed by atoms with E-state index >= 15 is 0 Å². The molecule has 1 atom stereocenters. The van der Waals surface area contributed by atoms with Crippen molar-refractivity contribution in [1.82, 2.24) is 39.1 Å². The van der Waals surface area contributed by atoms with Crippen LogP contribution >= 0.6 is 0 Å². The number of rotatable bonds is 4. The summed E-state index contributed by atoms with van der Waals surface area (Å²) in [5, 5.41) is 11.4. The monoisotopic (exact) mass is 545 g/mol. The summed E-state index contributed by atoms with van der Waals surface area (Å²) in [6.45, 7) is 1.60. The van der Waals surface area contributed by atoms with Gasteiger partial charge in [0.25, 0.3) is 17.0 Å². The summed E-state index contributed by atoms with van der Waals surface area (Å²) in [7, 11) is 1.78. The minimum atomic E-state index is -0.976. The van der Waals surface area contributed by atoms with E-state index in [2.05, 4.69) is 32.3 Å². The Balaban J connectivity index is 1.52. The van der Waals surface area contributed by atoms with Crippen molar-refractivity contribution < 1.29 is 4.79 Å². The van der Waals surface area contributed by atoms with E-state index in [1.165, 1.54) is 20.1 Å². The number of nitrogens with one attached hydrogen (secondary N) is 1. The Morgan fingerprint density at radius 1 is 1.02 bits per heavy atom. The van der Waals surface area contributed by atoms with Crippen LogP contribution in [0.4, 0.5) is 5.82 Å². The van der Waals surface area contributed by atoms with Crippen LogP contribution in [0, 0.1) is 11.8 Å². The van der Waals surface area contributed by atoms with Crippen molar-refractivity contribution in [3.63, 3.8) is 0 Å². The van der Waals surface area contributed by atoms with Crippen molar-refractivity contribution >= 4 is 28.1 Å². The van der Waals surface area contributed by atoms with E-state index < -0.39 is 23.2 Å². The van der Waals surface area contributed by atoms with Crippen LogP contribution < -0.4 is 22.2 Å². The predicted molar refractivity (Wildman–Crippen MR) is 153 cm³/mol. The second-order valence-corrected chi connectivity index (χ2v) is 9.28. The van der Waals surface area contributed by atoms with Gasteiger partial charge < -0.3 is 11.1 Å². The number of aryl methyl sites for hydroxylation is 1. The van der Waals surface area contributed by atoms with Gasteiger partial charge in [-0.05, 0) is 37.3 Å². The fraction of sp³-hybridized carbons (Fsp3) is 0.103. The average Bonchev–Trinajstić information content (AvgIpc) is 3.55. The number of benzene rings is 2. The maximum absolute atomic E-state index is 14.1. The minimum absolute atomic E-state index is 0.0171. The molecule has 0 radical (unpaired) electrons. The fourth-order valence-corrected chi connectivity index (χ4v) is 4.71. The zero-order valence-electron chi connectivity index (χ0n) is 22.0. The fourth-order valence-electron chi connectivity index (χ4n) is 4.71. The van der Waals surface area contributed by atoms with Crippen molar-refractivity contribution in [2.45, 2.75) is 13.1 Å². The minimum Gasteiger partial charge on any atom is -0.381 e. The number of hydrogen-bond acceptors (Lipinski definition) is 7. The SMILES string of the molecule is C[C@H](NC(=O)c1c(N)nn2cccnc12)n1c(=O)c2cccc(C#Cc3cnn(C)c3)c2c(=O)n1-c1ccccc1. The smallest absolute Gasteiger partial charge is 0.279 e. The van der Waals surface area contributed by atoms with Crippen LogP contribution in [0.5, 0.6) is 0 Å². The van der Waals surface area contributed by atoms with Crippen molar-refractivity contribution in [2.24, 2.45) is 7.05 Å². The number of carbonyl (C=O) groups excluding carboxylic acids is 1. The summed E-state index contributed by atoms with van der Waals surface area (Å²) in [6.07, 6.45) is 5.53. The molecule has 6 rings (SSSR count). The van der Waals surface area contributed by atoms with Gasteiger partial charge in [0.1, 0.15) is 11.7 Å². The lowest BCUT2D eigenvalue weighted by Crippen LogP contribution is -2.45. The highest BCUT2D eigenvalue weighted by atomic mass is 16.2.